The van der Waals surface area contributed by atoms with Crippen LogP contribution >= 0.6 is 11.6 Å². The van der Waals surface area contributed by atoms with E-state index in [0.29, 0.717) is 5.69 Å². The number of nitriles is 1. The van der Waals surface area contributed by atoms with E-state index < -0.39 is 17.4 Å². The van der Waals surface area contributed by atoms with Crippen molar-refractivity contribution in [1.82, 2.24) is 9.78 Å². The molecule has 0 N–H and O–H groups in total. The number of alkyl halides is 3. The molecule has 0 spiro atoms. The maximum Gasteiger partial charge on any atom is 0.436 e. The maximum absolute atomic E-state index is 12.7. The molecule has 2 aromatic rings. The number of benzene rings is 1. The average molecular weight is 272 g/mol. The van der Waals surface area contributed by atoms with Gasteiger partial charge < -0.3 is 0 Å². The fourth-order valence-corrected chi connectivity index (χ4v) is 1.70. The van der Waals surface area contributed by atoms with E-state index in [1.54, 1.807) is 30.3 Å². The second-order valence-electron chi connectivity index (χ2n) is 3.37. The van der Waals surface area contributed by atoms with Crippen LogP contribution in [0.2, 0.25) is 5.15 Å². The second kappa shape index (κ2) is 4.35. The summed E-state index contributed by atoms with van der Waals surface area (Å²) in [7, 11) is 0. The summed E-state index contributed by atoms with van der Waals surface area (Å²) in [4.78, 5) is 0. The summed E-state index contributed by atoms with van der Waals surface area (Å²) in [5.41, 5.74) is -1.60. The Kier molecular flexibility index (Phi) is 3.01. The SMILES string of the molecule is N#Cc1c(C(F)(F)F)nn(-c2ccccc2)c1Cl. The van der Waals surface area contributed by atoms with Crippen LogP contribution in [0.15, 0.2) is 30.3 Å². The van der Waals surface area contributed by atoms with Crippen molar-refractivity contribution in [1.29, 1.82) is 5.26 Å². The maximum atomic E-state index is 12.7. The van der Waals surface area contributed by atoms with Crippen LogP contribution in [0.5, 0.6) is 0 Å². The third kappa shape index (κ3) is 2.05. The van der Waals surface area contributed by atoms with Gasteiger partial charge in [0.2, 0.25) is 0 Å². The van der Waals surface area contributed by atoms with E-state index in [2.05, 4.69) is 5.10 Å². The Bertz CT molecular complexity index is 611. The summed E-state index contributed by atoms with van der Waals surface area (Å²) in [6, 6.07) is 9.48. The number of halogens is 4. The molecule has 92 valence electrons. The van der Waals surface area contributed by atoms with Gasteiger partial charge in [-0.15, -0.1) is 0 Å². The minimum absolute atomic E-state index is 0.351. The lowest BCUT2D eigenvalue weighted by Gasteiger charge is -2.02. The highest BCUT2D eigenvalue weighted by Gasteiger charge is 2.39. The summed E-state index contributed by atoms with van der Waals surface area (Å²) in [6.45, 7) is 0. The fraction of sp³-hybridized carbons (Fsp3) is 0.0909. The van der Waals surface area contributed by atoms with Crippen molar-refractivity contribution in [2.24, 2.45) is 0 Å². The summed E-state index contributed by atoms with van der Waals surface area (Å²) >= 11 is 5.75. The fourth-order valence-electron chi connectivity index (χ4n) is 1.44. The summed E-state index contributed by atoms with van der Waals surface area (Å²) in [5.74, 6) is 0. The quantitative estimate of drug-likeness (QED) is 0.797. The normalized spacial score (nSPS) is 11.3. The van der Waals surface area contributed by atoms with Gasteiger partial charge in [0.15, 0.2) is 10.8 Å². The lowest BCUT2D eigenvalue weighted by atomic mass is 10.2. The molecule has 0 radical (unpaired) electrons. The highest BCUT2D eigenvalue weighted by molar-refractivity contribution is 6.31. The van der Waals surface area contributed by atoms with Crippen molar-refractivity contribution in [3.63, 3.8) is 0 Å². The van der Waals surface area contributed by atoms with Gasteiger partial charge in [0, 0.05) is 0 Å². The van der Waals surface area contributed by atoms with E-state index in [0.717, 1.165) is 4.68 Å². The van der Waals surface area contributed by atoms with Gasteiger partial charge in [0.1, 0.15) is 11.6 Å². The molecule has 0 aliphatic carbocycles. The Morgan fingerprint density at radius 2 is 1.83 bits per heavy atom. The molecule has 0 fully saturated rings. The molecular formula is C11H5ClF3N3. The highest BCUT2D eigenvalue weighted by Crippen LogP contribution is 2.34. The van der Waals surface area contributed by atoms with Crippen LogP contribution in [0.3, 0.4) is 0 Å². The van der Waals surface area contributed by atoms with Gasteiger partial charge in [-0.3, -0.25) is 0 Å². The molecule has 2 rings (SSSR count). The van der Waals surface area contributed by atoms with Crippen LogP contribution in [0.4, 0.5) is 13.2 Å². The molecule has 0 unspecified atom stereocenters. The molecule has 7 heteroatoms. The predicted molar refractivity (Wildman–Crippen MR) is 58.3 cm³/mol. The molecule has 0 amide bonds. The first-order valence-corrected chi connectivity index (χ1v) is 5.14. The summed E-state index contributed by atoms with van der Waals surface area (Å²) in [5, 5.41) is 11.7. The molecular weight excluding hydrogens is 267 g/mol. The number of para-hydroxylation sites is 1. The first kappa shape index (κ1) is 12.5. The zero-order valence-electron chi connectivity index (χ0n) is 8.74. The van der Waals surface area contributed by atoms with E-state index in [1.165, 1.54) is 6.07 Å². The zero-order chi connectivity index (χ0) is 13.3. The molecule has 0 bridgehead atoms. The molecule has 0 atom stereocenters. The van der Waals surface area contributed by atoms with Crippen LogP contribution < -0.4 is 0 Å². The first-order chi connectivity index (χ1) is 8.45. The third-order valence-corrected chi connectivity index (χ3v) is 2.56. The number of aromatic nitrogens is 2. The van der Waals surface area contributed by atoms with E-state index in [9.17, 15) is 13.2 Å². The van der Waals surface area contributed by atoms with Gasteiger partial charge in [0.05, 0.1) is 5.69 Å². The van der Waals surface area contributed by atoms with Gasteiger partial charge in [-0.25, -0.2) is 4.68 Å². The summed E-state index contributed by atoms with van der Waals surface area (Å²) in [6.07, 6.45) is -4.71. The van der Waals surface area contributed by atoms with E-state index in [-0.39, 0.29) is 5.15 Å². The lowest BCUT2D eigenvalue weighted by Crippen LogP contribution is -2.08. The van der Waals surface area contributed by atoms with E-state index in [4.69, 9.17) is 16.9 Å². The van der Waals surface area contributed by atoms with Crippen molar-refractivity contribution in [3.8, 4) is 11.8 Å². The number of hydrogen-bond acceptors (Lipinski definition) is 2. The topological polar surface area (TPSA) is 41.6 Å². The van der Waals surface area contributed by atoms with Crippen molar-refractivity contribution in [2.45, 2.75) is 6.18 Å². The molecule has 0 saturated carbocycles. The number of nitrogens with zero attached hydrogens (tertiary/aromatic N) is 3. The monoisotopic (exact) mass is 271 g/mol. The minimum atomic E-state index is -4.71. The number of rotatable bonds is 1. The Balaban J connectivity index is 2.66. The van der Waals surface area contributed by atoms with E-state index in [1.807, 2.05) is 0 Å². The van der Waals surface area contributed by atoms with Crippen LogP contribution in [0.25, 0.3) is 5.69 Å². The van der Waals surface area contributed by atoms with Crippen molar-refractivity contribution < 1.29 is 13.2 Å². The molecule has 1 aromatic heterocycles. The largest absolute Gasteiger partial charge is 0.436 e. The minimum Gasteiger partial charge on any atom is -0.220 e. The Labute approximate surface area is 105 Å². The lowest BCUT2D eigenvalue weighted by molar-refractivity contribution is -0.141. The van der Waals surface area contributed by atoms with Gasteiger partial charge in [0.25, 0.3) is 0 Å². The first-order valence-electron chi connectivity index (χ1n) is 4.76. The Morgan fingerprint density at radius 3 is 2.28 bits per heavy atom. The predicted octanol–water partition coefficient (Wildman–Crippen LogP) is 3.42. The Morgan fingerprint density at radius 1 is 1.22 bits per heavy atom. The van der Waals surface area contributed by atoms with Gasteiger partial charge >= 0.3 is 6.18 Å². The molecule has 0 aliphatic heterocycles. The average Bonchev–Trinajstić information content (AvgIpc) is 2.67. The van der Waals surface area contributed by atoms with E-state index >= 15 is 0 Å². The molecule has 0 saturated heterocycles. The van der Waals surface area contributed by atoms with Crippen LogP contribution in [0, 0.1) is 11.3 Å². The standard InChI is InChI=1S/C11H5ClF3N3/c12-10-8(6-16)9(11(13,14)15)17-18(10)7-4-2-1-3-5-7/h1-5H. The molecule has 1 heterocycles. The van der Waals surface area contributed by atoms with Crippen molar-refractivity contribution >= 4 is 11.6 Å². The number of hydrogen-bond donors (Lipinski definition) is 0. The van der Waals surface area contributed by atoms with Crippen LogP contribution in [0.1, 0.15) is 11.3 Å². The van der Waals surface area contributed by atoms with Gasteiger partial charge in [-0.1, -0.05) is 29.8 Å². The van der Waals surface area contributed by atoms with Gasteiger partial charge in [-0.2, -0.15) is 23.5 Å². The Hall–Kier alpha value is -2.00. The van der Waals surface area contributed by atoms with Crippen molar-refractivity contribution in [3.05, 3.63) is 46.7 Å². The molecule has 3 nitrogen and oxygen atoms in total. The molecule has 0 aliphatic rings. The molecule has 18 heavy (non-hydrogen) atoms. The van der Waals surface area contributed by atoms with Gasteiger partial charge in [-0.05, 0) is 12.1 Å². The third-order valence-electron chi connectivity index (χ3n) is 2.21. The zero-order valence-corrected chi connectivity index (χ0v) is 9.50. The smallest absolute Gasteiger partial charge is 0.220 e. The second-order valence-corrected chi connectivity index (χ2v) is 3.73. The molecule has 1 aromatic carbocycles. The van der Waals surface area contributed by atoms with Crippen LogP contribution in [-0.4, -0.2) is 9.78 Å². The van der Waals surface area contributed by atoms with Crippen LogP contribution in [-0.2, 0) is 6.18 Å². The van der Waals surface area contributed by atoms with Crippen molar-refractivity contribution in [2.75, 3.05) is 0 Å². The highest BCUT2D eigenvalue weighted by atomic mass is 35.5. The summed E-state index contributed by atoms with van der Waals surface area (Å²) < 4.78 is 38.9.